The smallest absolute Gasteiger partial charge is 0.271 e. The largest absolute Gasteiger partial charge is 0.493 e. The second-order valence-corrected chi connectivity index (χ2v) is 7.37. The van der Waals surface area contributed by atoms with Crippen LogP contribution in [0.15, 0.2) is 52.9 Å². The number of rotatable bonds is 8. The van der Waals surface area contributed by atoms with Crippen LogP contribution in [0.3, 0.4) is 0 Å². The van der Waals surface area contributed by atoms with Crippen LogP contribution < -0.4 is 14.9 Å². The third-order valence-electron chi connectivity index (χ3n) is 4.23. The molecule has 1 heterocycles. The molecule has 0 saturated carbocycles. The summed E-state index contributed by atoms with van der Waals surface area (Å²) in [6.07, 6.45) is 2.50. The Morgan fingerprint density at radius 2 is 2.00 bits per heavy atom. The first-order valence-corrected chi connectivity index (χ1v) is 10.1. The van der Waals surface area contributed by atoms with Crippen LogP contribution in [-0.4, -0.2) is 24.2 Å². The monoisotopic (exact) mass is 409 g/mol. The Labute approximate surface area is 174 Å². The summed E-state index contributed by atoms with van der Waals surface area (Å²) < 4.78 is 11.2. The predicted molar refractivity (Wildman–Crippen MR) is 115 cm³/mol. The summed E-state index contributed by atoms with van der Waals surface area (Å²) in [7, 11) is 1.58. The molecule has 29 heavy (non-hydrogen) atoms. The molecule has 2 aromatic carbocycles. The maximum atomic E-state index is 12.2. The second kappa shape index (κ2) is 9.84. The third-order valence-corrected chi connectivity index (χ3v) is 5.06. The number of benzene rings is 2. The van der Waals surface area contributed by atoms with Crippen LogP contribution in [-0.2, 0) is 13.0 Å². The molecule has 1 amide bonds. The minimum atomic E-state index is -0.255. The summed E-state index contributed by atoms with van der Waals surface area (Å²) in [5.74, 6) is 0.951. The number of carbonyl (C=O) groups is 1. The van der Waals surface area contributed by atoms with Gasteiger partial charge < -0.3 is 9.47 Å². The first kappa shape index (κ1) is 20.5. The van der Waals surface area contributed by atoms with Gasteiger partial charge in [-0.15, -0.1) is 11.3 Å². The van der Waals surface area contributed by atoms with Crippen LogP contribution in [0.2, 0.25) is 0 Å². The first-order chi connectivity index (χ1) is 14.1. The number of hydrazone groups is 1. The van der Waals surface area contributed by atoms with E-state index >= 15 is 0 Å². The number of hydrogen-bond acceptors (Lipinski definition) is 6. The molecule has 0 fully saturated rings. The van der Waals surface area contributed by atoms with E-state index in [-0.39, 0.29) is 5.91 Å². The second-order valence-electron chi connectivity index (χ2n) is 6.31. The summed E-state index contributed by atoms with van der Waals surface area (Å²) >= 11 is 1.59. The molecule has 0 atom stereocenters. The molecule has 0 bridgehead atoms. The molecule has 0 aliphatic heterocycles. The summed E-state index contributed by atoms with van der Waals surface area (Å²) in [4.78, 5) is 16.5. The Morgan fingerprint density at radius 3 is 2.66 bits per heavy atom. The lowest BCUT2D eigenvalue weighted by atomic mass is 10.1. The van der Waals surface area contributed by atoms with Crippen molar-refractivity contribution in [2.24, 2.45) is 5.10 Å². The molecule has 3 aromatic rings. The van der Waals surface area contributed by atoms with Crippen LogP contribution in [0, 0.1) is 6.92 Å². The van der Waals surface area contributed by atoms with Gasteiger partial charge in [0.1, 0.15) is 6.61 Å². The molecule has 0 spiro atoms. The van der Waals surface area contributed by atoms with Gasteiger partial charge in [0.2, 0.25) is 0 Å². The van der Waals surface area contributed by atoms with E-state index in [1.165, 1.54) is 5.56 Å². The van der Waals surface area contributed by atoms with E-state index in [2.05, 4.69) is 22.4 Å². The number of aryl methyl sites for hydroxylation is 2. The SMILES string of the molecule is CCc1ccc(C(=O)N/N=C\c2ccc(OCc3csc(C)n3)c(OC)c2)cc1. The van der Waals surface area contributed by atoms with Crippen molar-refractivity contribution in [2.75, 3.05) is 7.11 Å². The van der Waals surface area contributed by atoms with Gasteiger partial charge in [0.15, 0.2) is 11.5 Å². The van der Waals surface area contributed by atoms with Crippen molar-refractivity contribution in [2.45, 2.75) is 26.9 Å². The van der Waals surface area contributed by atoms with Crippen LogP contribution in [0.25, 0.3) is 0 Å². The number of nitrogens with one attached hydrogen (secondary N) is 1. The highest BCUT2D eigenvalue weighted by Gasteiger charge is 2.07. The zero-order chi connectivity index (χ0) is 20.6. The Hall–Kier alpha value is -3.19. The number of thiazole rings is 1. The number of amides is 1. The van der Waals surface area contributed by atoms with Crippen molar-refractivity contribution in [3.63, 3.8) is 0 Å². The van der Waals surface area contributed by atoms with Gasteiger partial charge in [-0.2, -0.15) is 5.10 Å². The maximum Gasteiger partial charge on any atom is 0.271 e. The minimum Gasteiger partial charge on any atom is -0.493 e. The number of methoxy groups -OCH3 is 1. The number of ether oxygens (including phenoxy) is 2. The molecule has 0 unspecified atom stereocenters. The molecule has 0 aliphatic carbocycles. The molecule has 0 radical (unpaired) electrons. The molecule has 1 N–H and O–H groups in total. The fourth-order valence-electron chi connectivity index (χ4n) is 2.63. The topological polar surface area (TPSA) is 72.8 Å². The molecule has 0 saturated heterocycles. The van der Waals surface area contributed by atoms with Crippen molar-refractivity contribution in [3.8, 4) is 11.5 Å². The number of nitrogens with zero attached hydrogens (tertiary/aromatic N) is 2. The zero-order valence-electron chi connectivity index (χ0n) is 16.6. The summed E-state index contributed by atoms with van der Waals surface area (Å²) in [6, 6.07) is 12.9. The molecule has 150 valence electrons. The molecule has 1 aromatic heterocycles. The van der Waals surface area contributed by atoms with Gasteiger partial charge in [-0.1, -0.05) is 19.1 Å². The lowest BCUT2D eigenvalue weighted by Crippen LogP contribution is -2.17. The van der Waals surface area contributed by atoms with Gasteiger partial charge in [-0.3, -0.25) is 4.79 Å². The lowest BCUT2D eigenvalue weighted by molar-refractivity contribution is 0.0955. The molecule has 6 nitrogen and oxygen atoms in total. The van der Waals surface area contributed by atoms with E-state index in [1.807, 2.05) is 36.6 Å². The minimum absolute atomic E-state index is 0.255. The Kier molecular flexibility index (Phi) is 6.97. The predicted octanol–water partition coefficient (Wildman–Crippen LogP) is 4.37. The van der Waals surface area contributed by atoms with Crippen molar-refractivity contribution >= 4 is 23.5 Å². The van der Waals surface area contributed by atoms with Gasteiger partial charge in [-0.25, -0.2) is 10.4 Å². The Morgan fingerprint density at radius 1 is 1.21 bits per heavy atom. The fourth-order valence-corrected chi connectivity index (χ4v) is 3.23. The highest BCUT2D eigenvalue weighted by Crippen LogP contribution is 2.28. The van der Waals surface area contributed by atoms with E-state index in [0.29, 0.717) is 23.7 Å². The van der Waals surface area contributed by atoms with Crippen molar-refractivity contribution < 1.29 is 14.3 Å². The van der Waals surface area contributed by atoms with E-state index < -0.39 is 0 Å². The molecule has 0 aliphatic rings. The third kappa shape index (κ3) is 5.65. The Balaban J connectivity index is 1.60. The maximum absolute atomic E-state index is 12.2. The highest BCUT2D eigenvalue weighted by molar-refractivity contribution is 7.09. The fraction of sp³-hybridized carbons (Fsp3) is 0.227. The molecule has 3 rings (SSSR count). The number of aromatic nitrogens is 1. The van der Waals surface area contributed by atoms with Crippen LogP contribution >= 0.6 is 11.3 Å². The molecular formula is C22H23N3O3S. The quantitative estimate of drug-likeness (QED) is 0.443. The van der Waals surface area contributed by atoms with Gasteiger partial charge in [0.05, 0.1) is 24.0 Å². The summed E-state index contributed by atoms with van der Waals surface area (Å²) in [5, 5.41) is 7.01. The van der Waals surface area contributed by atoms with Crippen molar-refractivity contribution in [1.29, 1.82) is 0 Å². The normalized spacial score (nSPS) is 10.9. The average Bonchev–Trinajstić information content (AvgIpc) is 3.17. The standard InChI is InChI=1S/C22H23N3O3S/c1-4-16-5-8-18(9-6-16)22(26)25-23-12-17-7-10-20(21(11-17)27-3)28-13-19-14-29-15(2)24-19/h5-12,14H,4,13H2,1-3H3,(H,25,26)/b23-12-. The summed E-state index contributed by atoms with van der Waals surface area (Å²) in [5.41, 5.74) is 5.95. The number of carbonyl (C=O) groups excluding carboxylic acids is 1. The molecule has 7 heteroatoms. The first-order valence-electron chi connectivity index (χ1n) is 9.23. The van der Waals surface area contributed by atoms with Gasteiger partial charge in [0, 0.05) is 10.9 Å². The van der Waals surface area contributed by atoms with Crippen LogP contribution in [0.1, 0.15) is 39.1 Å². The van der Waals surface area contributed by atoms with Gasteiger partial charge in [0.25, 0.3) is 5.91 Å². The average molecular weight is 410 g/mol. The van der Waals surface area contributed by atoms with Crippen molar-refractivity contribution in [3.05, 3.63) is 75.2 Å². The molecular weight excluding hydrogens is 386 g/mol. The van der Waals surface area contributed by atoms with E-state index in [1.54, 1.807) is 42.9 Å². The van der Waals surface area contributed by atoms with E-state index in [9.17, 15) is 4.79 Å². The number of hydrogen-bond donors (Lipinski definition) is 1. The lowest BCUT2D eigenvalue weighted by Gasteiger charge is -2.10. The van der Waals surface area contributed by atoms with Gasteiger partial charge >= 0.3 is 0 Å². The highest BCUT2D eigenvalue weighted by atomic mass is 32.1. The van der Waals surface area contributed by atoms with Crippen LogP contribution in [0.5, 0.6) is 11.5 Å². The van der Waals surface area contributed by atoms with E-state index in [0.717, 1.165) is 22.7 Å². The zero-order valence-corrected chi connectivity index (χ0v) is 17.5. The van der Waals surface area contributed by atoms with Gasteiger partial charge in [-0.05, 0) is 54.8 Å². The van der Waals surface area contributed by atoms with Crippen molar-refractivity contribution in [1.82, 2.24) is 10.4 Å². The van der Waals surface area contributed by atoms with E-state index in [4.69, 9.17) is 9.47 Å². The van der Waals surface area contributed by atoms with Crippen LogP contribution in [0.4, 0.5) is 0 Å². The Bertz CT molecular complexity index is 997. The summed E-state index contributed by atoms with van der Waals surface area (Å²) in [6.45, 7) is 4.41.